The predicted molar refractivity (Wildman–Crippen MR) is 101 cm³/mol. The first-order chi connectivity index (χ1) is 9.43. The Hall–Kier alpha value is 0.510. The second-order valence-corrected chi connectivity index (χ2v) is 7.87. The molecule has 0 aliphatic rings. The molecule has 1 nitrogen and oxygen atoms in total. The number of halogens is 5. The maximum atomic E-state index is 6.33. The topological polar surface area (TPSA) is 9.23 Å². The monoisotopic (exact) mass is 548 g/mol. The minimum atomic E-state index is -0.0532. The summed E-state index contributed by atoms with van der Waals surface area (Å²) in [4.78, 5) is -0.0532. The molecule has 0 aliphatic heterocycles. The summed E-state index contributed by atoms with van der Waals surface area (Å²) in [6.07, 6.45) is 0. The minimum Gasteiger partial charge on any atom is -0.495 e. The van der Waals surface area contributed by atoms with Gasteiger partial charge < -0.3 is 4.74 Å². The average Bonchev–Trinajstić information content (AvgIpc) is 2.42. The van der Waals surface area contributed by atoms with E-state index in [-0.39, 0.29) is 4.83 Å². The number of ether oxygens (including phenoxy) is 1. The van der Waals surface area contributed by atoms with E-state index in [1.807, 2.05) is 18.2 Å². The van der Waals surface area contributed by atoms with Crippen molar-refractivity contribution in [2.24, 2.45) is 0 Å². The van der Waals surface area contributed by atoms with Gasteiger partial charge in [0, 0.05) is 19.1 Å². The smallest absolute Gasteiger partial charge is 0.138 e. The highest BCUT2D eigenvalue weighted by Gasteiger charge is 2.19. The lowest BCUT2D eigenvalue weighted by atomic mass is 10.0. The number of hydrogen-bond donors (Lipinski definition) is 0. The van der Waals surface area contributed by atoms with Crippen molar-refractivity contribution >= 4 is 77.7 Å². The van der Waals surface area contributed by atoms with Gasteiger partial charge in [0.1, 0.15) is 5.75 Å². The van der Waals surface area contributed by atoms with Crippen LogP contribution in [-0.4, -0.2) is 7.11 Å². The lowest BCUT2D eigenvalue weighted by molar-refractivity contribution is 0.415. The zero-order chi connectivity index (χ0) is 14.9. The fraction of sp³-hybridized carbons (Fsp3) is 0.143. The van der Waals surface area contributed by atoms with Crippen molar-refractivity contribution in [3.05, 3.63) is 59.5 Å². The second-order valence-electron chi connectivity index (χ2n) is 4.04. The summed E-state index contributed by atoms with van der Waals surface area (Å²) >= 11 is 22.1. The van der Waals surface area contributed by atoms with Gasteiger partial charge in [0.2, 0.25) is 0 Å². The first kappa shape index (κ1) is 16.9. The van der Waals surface area contributed by atoms with E-state index in [1.165, 1.54) is 0 Å². The largest absolute Gasteiger partial charge is 0.495 e. The molecule has 1 unspecified atom stereocenters. The van der Waals surface area contributed by atoms with Gasteiger partial charge in [0.05, 0.1) is 17.0 Å². The molecule has 2 rings (SSSR count). The molecule has 2 aromatic rings. The molecule has 0 heterocycles. The summed E-state index contributed by atoms with van der Waals surface area (Å²) < 4.78 is 7.34. The van der Waals surface area contributed by atoms with Gasteiger partial charge >= 0.3 is 0 Å². The summed E-state index contributed by atoms with van der Waals surface area (Å²) in [6, 6.07) is 9.71. The maximum Gasteiger partial charge on any atom is 0.138 e. The number of hydrogen-bond acceptors (Lipinski definition) is 1. The van der Waals surface area contributed by atoms with Crippen LogP contribution in [0, 0.1) is 3.57 Å². The highest BCUT2D eigenvalue weighted by molar-refractivity contribution is 14.1. The Balaban J connectivity index is 2.50. The molecule has 20 heavy (non-hydrogen) atoms. The zero-order valence-electron chi connectivity index (χ0n) is 10.3. The van der Waals surface area contributed by atoms with Crippen LogP contribution in [0.2, 0.25) is 10.0 Å². The van der Waals surface area contributed by atoms with Gasteiger partial charge in [-0.1, -0.05) is 55.1 Å². The molecule has 0 N–H and O–H groups in total. The molecule has 106 valence electrons. The second kappa shape index (κ2) is 7.18. The molecule has 0 fully saturated rings. The van der Waals surface area contributed by atoms with Crippen LogP contribution in [0.25, 0.3) is 0 Å². The Morgan fingerprint density at radius 1 is 1.10 bits per heavy atom. The summed E-state index contributed by atoms with van der Waals surface area (Å²) in [5.74, 6) is 0.571. The Morgan fingerprint density at radius 2 is 1.80 bits per heavy atom. The fourth-order valence-electron chi connectivity index (χ4n) is 1.77. The number of benzene rings is 2. The van der Waals surface area contributed by atoms with Crippen LogP contribution in [0.1, 0.15) is 16.0 Å². The van der Waals surface area contributed by atoms with Crippen LogP contribution in [0.3, 0.4) is 0 Å². The van der Waals surface area contributed by atoms with E-state index in [0.717, 1.165) is 19.2 Å². The van der Waals surface area contributed by atoms with E-state index in [1.54, 1.807) is 13.2 Å². The summed E-state index contributed by atoms with van der Waals surface area (Å²) in [5.41, 5.74) is 2.00. The molecule has 0 aromatic heterocycles. The van der Waals surface area contributed by atoms with Crippen molar-refractivity contribution in [3.63, 3.8) is 0 Å². The van der Waals surface area contributed by atoms with Crippen LogP contribution in [0.15, 0.2) is 34.8 Å². The van der Waals surface area contributed by atoms with Crippen LogP contribution in [0.5, 0.6) is 5.75 Å². The van der Waals surface area contributed by atoms with Gasteiger partial charge in [-0.3, -0.25) is 0 Å². The Kier molecular flexibility index (Phi) is 6.06. The van der Waals surface area contributed by atoms with E-state index in [2.05, 4.69) is 60.5 Å². The van der Waals surface area contributed by atoms with Crippen molar-refractivity contribution in [3.8, 4) is 5.75 Å². The van der Waals surface area contributed by atoms with Gasteiger partial charge in [-0.25, -0.2) is 0 Å². The summed E-state index contributed by atoms with van der Waals surface area (Å²) in [5, 5.41) is 1.15. The number of rotatable bonds is 3. The minimum absolute atomic E-state index is 0.0532. The Morgan fingerprint density at radius 3 is 2.45 bits per heavy atom. The van der Waals surface area contributed by atoms with E-state index >= 15 is 0 Å². The number of methoxy groups -OCH3 is 1. The Bertz CT molecular complexity index is 649. The third-order valence-electron chi connectivity index (χ3n) is 2.78. The zero-order valence-corrected chi connectivity index (χ0v) is 17.1. The molecule has 0 amide bonds. The Labute approximate surface area is 158 Å². The van der Waals surface area contributed by atoms with E-state index in [0.29, 0.717) is 15.8 Å². The SMILES string of the molecule is COc1cc(Cl)c(C(Br)c2cc(I)ccc2Br)cc1Cl. The summed E-state index contributed by atoms with van der Waals surface area (Å²) in [7, 11) is 1.57. The molecule has 0 bridgehead atoms. The van der Waals surface area contributed by atoms with Gasteiger partial charge in [-0.2, -0.15) is 0 Å². The van der Waals surface area contributed by atoms with Gasteiger partial charge in [-0.05, 0) is 58.0 Å². The standard InChI is InChI=1S/C14H9Br2Cl2IO/c1-20-13-6-11(17)9(5-12(13)18)14(16)8-4-7(19)2-3-10(8)15/h2-6,14H,1H3. The molecule has 0 spiro atoms. The van der Waals surface area contributed by atoms with E-state index in [9.17, 15) is 0 Å². The van der Waals surface area contributed by atoms with E-state index in [4.69, 9.17) is 27.9 Å². The predicted octanol–water partition coefficient (Wildman–Crippen LogP) is 6.85. The maximum absolute atomic E-state index is 6.33. The summed E-state index contributed by atoms with van der Waals surface area (Å²) in [6.45, 7) is 0. The molecular weight excluding hydrogens is 542 g/mol. The molecule has 0 aliphatic carbocycles. The first-order valence-corrected chi connectivity index (χ1v) is 9.10. The molecule has 0 saturated heterocycles. The van der Waals surface area contributed by atoms with Crippen molar-refractivity contribution in [2.45, 2.75) is 4.83 Å². The van der Waals surface area contributed by atoms with E-state index < -0.39 is 0 Å². The fourth-order valence-corrected chi connectivity index (χ4v) is 4.47. The molecule has 1 atom stereocenters. The van der Waals surface area contributed by atoms with Gasteiger partial charge in [-0.15, -0.1) is 0 Å². The lowest BCUT2D eigenvalue weighted by Crippen LogP contribution is -1.97. The van der Waals surface area contributed by atoms with Gasteiger partial charge in [0.25, 0.3) is 0 Å². The molecule has 2 aromatic carbocycles. The molecule has 6 heteroatoms. The molecule has 0 radical (unpaired) electrons. The molecule has 0 saturated carbocycles. The number of alkyl halides is 1. The third-order valence-corrected chi connectivity index (χ3v) is 5.78. The van der Waals surface area contributed by atoms with Crippen LogP contribution in [0.4, 0.5) is 0 Å². The highest BCUT2D eigenvalue weighted by Crippen LogP contribution is 2.42. The average molecular weight is 551 g/mol. The van der Waals surface area contributed by atoms with Crippen LogP contribution >= 0.6 is 77.7 Å². The van der Waals surface area contributed by atoms with Crippen LogP contribution < -0.4 is 4.74 Å². The van der Waals surface area contributed by atoms with Crippen LogP contribution in [-0.2, 0) is 0 Å². The van der Waals surface area contributed by atoms with Crippen molar-refractivity contribution < 1.29 is 4.74 Å². The van der Waals surface area contributed by atoms with Crippen molar-refractivity contribution in [1.29, 1.82) is 0 Å². The normalized spacial score (nSPS) is 12.3. The molecular formula is C14H9Br2Cl2IO. The first-order valence-electron chi connectivity index (χ1n) is 5.56. The van der Waals surface area contributed by atoms with Crippen molar-refractivity contribution in [1.82, 2.24) is 0 Å². The van der Waals surface area contributed by atoms with Gasteiger partial charge in [0.15, 0.2) is 0 Å². The third kappa shape index (κ3) is 3.64. The quantitative estimate of drug-likeness (QED) is 0.300. The highest BCUT2D eigenvalue weighted by atomic mass is 127. The van der Waals surface area contributed by atoms with Crippen molar-refractivity contribution in [2.75, 3.05) is 7.11 Å². The lowest BCUT2D eigenvalue weighted by Gasteiger charge is -2.16.